The van der Waals surface area contributed by atoms with Crippen LogP contribution in [0.4, 0.5) is 11.5 Å². The second-order valence-electron chi connectivity index (χ2n) is 5.42. The van der Waals surface area contributed by atoms with Crippen molar-refractivity contribution in [3.63, 3.8) is 0 Å². The molecule has 116 valence electrons. The molecule has 0 spiro atoms. The van der Waals surface area contributed by atoms with E-state index in [9.17, 15) is 0 Å². The van der Waals surface area contributed by atoms with Gasteiger partial charge < -0.3 is 4.90 Å². The smallest absolute Gasteiger partial charge is 0.224 e. The van der Waals surface area contributed by atoms with E-state index in [1.807, 2.05) is 29.7 Å². The summed E-state index contributed by atoms with van der Waals surface area (Å²) in [5.74, 6) is 2.49. The van der Waals surface area contributed by atoms with E-state index in [1.54, 1.807) is 6.20 Å². The Bertz CT molecular complexity index is 860. The monoisotopic (exact) mass is 326 g/mol. The Kier molecular flexibility index (Phi) is 3.27. The minimum atomic E-state index is 0.0390. The van der Waals surface area contributed by atoms with Gasteiger partial charge in [0.15, 0.2) is 11.6 Å². The zero-order valence-electron chi connectivity index (χ0n) is 12.8. The van der Waals surface area contributed by atoms with Crippen molar-refractivity contribution in [2.75, 3.05) is 4.90 Å². The first-order valence-corrected chi connectivity index (χ1v) is 7.87. The topological polar surface area (TPSA) is 59.7 Å². The Morgan fingerprint density at radius 2 is 1.96 bits per heavy atom. The molecule has 0 N–H and O–H groups in total. The highest BCUT2D eigenvalue weighted by Gasteiger charge is 2.35. The molecular formula is C16H15ClN6. The number of halogens is 1. The summed E-state index contributed by atoms with van der Waals surface area (Å²) in [6.45, 7) is 4.06. The third kappa shape index (κ3) is 2.09. The molecule has 1 aliphatic heterocycles. The van der Waals surface area contributed by atoms with E-state index in [1.165, 1.54) is 0 Å². The van der Waals surface area contributed by atoms with Gasteiger partial charge in [-0.3, -0.25) is 4.57 Å². The fourth-order valence-electron chi connectivity index (χ4n) is 3.09. The van der Waals surface area contributed by atoms with Gasteiger partial charge in [0, 0.05) is 5.69 Å². The van der Waals surface area contributed by atoms with Crippen LogP contribution in [0.1, 0.15) is 31.0 Å². The normalized spacial score (nSPS) is 16.1. The Morgan fingerprint density at radius 3 is 2.70 bits per heavy atom. The minimum absolute atomic E-state index is 0.0390. The number of anilines is 2. The minimum Gasteiger partial charge on any atom is -0.314 e. The van der Waals surface area contributed by atoms with E-state index in [4.69, 9.17) is 11.6 Å². The lowest BCUT2D eigenvalue weighted by Gasteiger charge is -2.37. The number of aromatic nitrogens is 5. The first-order valence-electron chi connectivity index (χ1n) is 7.49. The van der Waals surface area contributed by atoms with Crippen LogP contribution in [0.15, 0.2) is 36.5 Å². The second-order valence-corrected chi connectivity index (χ2v) is 5.76. The molecule has 2 aromatic heterocycles. The average Bonchev–Trinajstić information content (AvgIpc) is 2.96. The van der Waals surface area contributed by atoms with E-state index in [0.29, 0.717) is 0 Å². The van der Waals surface area contributed by atoms with Gasteiger partial charge in [-0.15, -0.1) is 10.2 Å². The van der Waals surface area contributed by atoms with Crippen molar-refractivity contribution in [3.05, 3.63) is 53.5 Å². The third-order valence-electron chi connectivity index (χ3n) is 4.07. The molecule has 0 amide bonds. The summed E-state index contributed by atoms with van der Waals surface area (Å²) in [5.41, 5.74) is 1.89. The largest absolute Gasteiger partial charge is 0.314 e. The Morgan fingerprint density at radius 1 is 1.17 bits per heavy atom. The summed E-state index contributed by atoms with van der Waals surface area (Å²) in [7, 11) is 0. The molecule has 1 atom stereocenters. The molecule has 6 nitrogen and oxygen atoms in total. The molecule has 7 heteroatoms. The van der Waals surface area contributed by atoms with Crippen LogP contribution in [-0.4, -0.2) is 24.7 Å². The number of hydrogen-bond acceptors (Lipinski definition) is 5. The Hall–Kier alpha value is -2.47. The highest BCUT2D eigenvalue weighted by molar-refractivity contribution is 6.28. The average molecular weight is 327 g/mol. The van der Waals surface area contributed by atoms with E-state index >= 15 is 0 Å². The van der Waals surface area contributed by atoms with Crippen molar-refractivity contribution >= 4 is 23.1 Å². The van der Waals surface area contributed by atoms with Crippen molar-refractivity contribution in [2.24, 2.45) is 0 Å². The maximum atomic E-state index is 6.07. The summed E-state index contributed by atoms with van der Waals surface area (Å²) in [4.78, 5) is 10.8. The number of hydrogen-bond donors (Lipinski definition) is 0. The predicted octanol–water partition coefficient (Wildman–Crippen LogP) is 3.62. The summed E-state index contributed by atoms with van der Waals surface area (Å²) in [6, 6.07) is 10.2. The van der Waals surface area contributed by atoms with Crippen LogP contribution in [0.25, 0.3) is 5.69 Å². The van der Waals surface area contributed by atoms with Gasteiger partial charge in [-0.25, -0.2) is 4.98 Å². The first-order chi connectivity index (χ1) is 11.2. The SMILES string of the molecule is CCC1c2nnc(C)n2-c2cnc(Cl)nc2N1c1ccccc1. The van der Waals surface area contributed by atoms with Crippen LogP contribution in [0.2, 0.25) is 5.28 Å². The van der Waals surface area contributed by atoms with Crippen LogP contribution in [-0.2, 0) is 0 Å². The van der Waals surface area contributed by atoms with Gasteiger partial charge in [0.2, 0.25) is 5.28 Å². The van der Waals surface area contributed by atoms with Crippen LogP contribution in [0.5, 0.6) is 0 Å². The molecule has 4 rings (SSSR count). The molecule has 0 saturated heterocycles. The first kappa shape index (κ1) is 14.1. The summed E-state index contributed by atoms with van der Waals surface area (Å²) in [6.07, 6.45) is 2.60. The Labute approximate surface area is 138 Å². The molecule has 1 unspecified atom stereocenters. The number of para-hydroxylation sites is 1. The lowest BCUT2D eigenvalue weighted by Crippen LogP contribution is -2.32. The van der Waals surface area contributed by atoms with Gasteiger partial charge in [-0.2, -0.15) is 4.98 Å². The number of aryl methyl sites for hydroxylation is 1. The summed E-state index contributed by atoms with van der Waals surface area (Å²) in [5, 5.41) is 8.86. The van der Waals surface area contributed by atoms with E-state index in [0.717, 1.165) is 35.3 Å². The summed E-state index contributed by atoms with van der Waals surface area (Å²) >= 11 is 6.07. The van der Waals surface area contributed by atoms with Crippen LogP contribution in [0.3, 0.4) is 0 Å². The second kappa shape index (κ2) is 5.31. The molecule has 0 aliphatic carbocycles. The molecule has 0 radical (unpaired) electrons. The number of rotatable bonds is 2. The van der Waals surface area contributed by atoms with Gasteiger partial charge >= 0.3 is 0 Å². The zero-order valence-corrected chi connectivity index (χ0v) is 13.6. The van der Waals surface area contributed by atoms with Crippen LogP contribution in [0, 0.1) is 6.92 Å². The Balaban J connectivity index is 2.02. The lowest BCUT2D eigenvalue weighted by molar-refractivity contribution is 0.587. The van der Waals surface area contributed by atoms with Gasteiger partial charge in [-0.05, 0) is 37.1 Å². The maximum absolute atomic E-state index is 6.07. The van der Waals surface area contributed by atoms with E-state index in [-0.39, 0.29) is 11.3 Å². The molecule has 1 aliphatic rings. The van der Waals surface area contributed by atoms with Gasteiger partial charge in [0.25, 0.3) is 0 Å². The molecule has 1 aromatic carbocycles. The van der Waals surface area contributed by atoms with Gasteiger partial charge in [0.05, 0.1) is 12.2 Å². The fraction of sp³-hybridized carbons (Fsp3) is 0.250. The molecule has 3 heterocycles. The van der Waals surface area contributed by atoms with Crippen molar-refractivity contribution in [1.82, 2.24) is 24.7 Å². The number of benzene rings is 1. The quantitative estimate of drug-likeness (QED) is 0.673. The molecule has 0 fully saturated rings. The van der Waals surface area contributed by atoms with Crippen molar-refractivity contribution in [3.8, 4) is 5.69 Å². The van der Waals surface area contributed by atoms with Crippen molar-refractivity contribution in [2.45, 2.75) is 26.3 Å². The van der Waals surface area contributed by atoms with Gasteiger partial charge in [0.1, 0.15) is 11.5 Å². The summed E-state index contributed by atoms with van der Waals surface area (Å²) < 4.78 is 2.01. The molecule has 3 aromatic rings. The van der Waals surface area contributed by atoms with Crippen LogP contribution < -0.4 is 4.90 Å². The van der Waals surface area contributed by atoms with Crippen LogP contribution >= 0.6 is 11.6 Å². The predicted molar refractivity (Wildman–Crippen MR) is 88.3 cm³/mol. The molecular weight excluding hydrogens is 312 g/mol. The van der Waals surface area contributed by atoms with E-state index < -0.39 is 0 Å². The van der Waals surface area contributed by atoms with Crippen molar-refractivity contribution < 1.29 is 0 Å². The number of nitrogens with zero attached hydrogens (tertiary/aromatic N) is 6. The highest BCUT2D eigenvalue weighted by Crippen LogP contribution is 2.43. The molecule has 23 heavy (non-hydrogen) atoms. The number of fused-ring (bicyclic) bond motifs is 3. The molecule has 0 bridgehead atoms. The highest BCUT2D eigenvalue weighted by atomic mass is 35.5. The third-order valence-corrected chi connectivity index (χ3v) is 4.25. The van der Waals surface area contributed by atoms with E-state index in [2.05, 4.69) is 44.1 Å². The lowest BCUT2D eigenvalue weighted by atomic mass is 10.1. The molecule has 0 saturated carbocycles. The fourth-order valence-corrected chi connectivity index (χ4v) is 3.22. The maximum Gasteiger partial charge on any atom is 0.224 e. The van der Waals surface area contributed by atoms with Crippen molar-refractivity contribution in [1.29, 1.82) is 0 Å². The van der Waals surface area contributed by atoms with Gasteiger partial charge in [-0.1, -0.05) is 25.1 Å². The zero-order chi connectivity index (χ0) is 16.0. The standard InChI is InChI=1S/C16H15ClN6/c1-3-12-15-21-20-10(2)22(15)13-9-18-16(17)19-14(13)23(12)11-7-5-4-6-8-11/h4-9,12H,3H2,1-2H3.